The van der Waals surface area contributed by atoms with Gasteiger partial charge in [0.1, 0.15) is 5.54 Å². The summed E-state index contributed by atoms with van der Waals surface area (Å²) < 4.78 is 0. The topological polar surface area (TPSA) is 69.6 Å². The summed E-state index contributed by atoms with van der Waals surface area (Å²) in [4.78, 5) is 25.1. The lowest BCUT2D eigenvalue weighted by atomic mass is 9.93. The number of rotatable bonds is 6. The molecule has 1 aliphatic rings. The van der Waals surface area contributed by atoms with Crippen LogP contribution in [0.5, 0.6) is 0 Å². The fourth-order valence-electron chi connectivity index (χ4n) is 2.55. The van der Waals surface area contributed by atoms with Gasteiger partial charge in [0, 0.05) is 6.04 Å². The average Bonchev–Trinajstić information content (AvgIpc) is 2.72. The zero-order valence-corrected chi connectivity index (χ0v) is 11.5. The number of carboxylic acid groups (broad SMARTS) is 1. The number of nitrogens with one attached hydrogen (secondary N) is 1. The molecule has 1 heterocycles. The highest BCUT2D eigenvalue weighted by molar-refractivity contribution is 5.82. The minimum atomic E-state index is -0.840. The number of amides is 1. The maximum atomic E-state index is 11.8. The molecule has 1 aliphatic heterocycles. The molecule has 0 bridgehead atoms. The predicted molar refractivity (Wildman–Crippen MR) is 69.4 cm³/mol. The van der Waals surface area contributed by atoms with Gasteiger partial charge in [-0.25, -0.2) is 0 Å². The second kappa shape index (κ2) is 6.18. The molecule has 2 atom stereocenters. The van der Waals surface area contributed by atoms with Gasteiger partial charge in [-0.2, -0.15) is 0 Å². The summed E-state index contributed by atoms with van der Waals surface area (Å²) in [5.41, 5.74) is -0.840. The number of aliphatic carboxylic acids is 1. The molecule has 0 aromatic heterocycles. The number of hydrogen-bond acceptors (Lipinski definition) is 3. The summed E-state index contributed by atoms with van der Waals surface area (Å²) in [6, 6.07) is 0.140. The molecule has 0 aromatic rings. The van der Waals surface area contributed by atoms with Crippen molar-refractivity contribution in [3.63, 3.8) is 0 Å². The van der Waals surface area contributed by atoms with Crippen LogP contribution < -0.4 is 5.32 Å². The van der Waals surface area contributed by atoms with E-state index in [0.29, 0.717) is 19.4 Å². The summed E-state index contributed by atoms with van der Waals surface area (Å²) in [7, 11) is 0. The highest BCUT2D eigenvalue weighted by Gasteiger charge is 2.46. The van der Waals surface area contributed by atoms with Gasteiger partial charge in [-0.3, -0.25) is 14.5 Å². The molecule has 2 unspecified atom stereocenters. The van der Waals surface area contributed by atoms with E-state index in [-0.39, 0.29) is 18.5 Å². The van der Waals surface area contributed by atoms with Crippen molar-refractivity contribution in [3.05, 3.63) is 0 Å². The van der Waals surface area contributed by atoms with Crippen molar-refractivity contribution in [2.24, 2.45) is 0 Å². The fraction of sp³-hybridized carbons (Fsp3) is 0.846. The summed E-state index contributed by atoms with van der Waals surface area (Å²) in [6.45, 7) is 6.71. The van der Waals surface area contributed by atoms with E-state index >= 15 is 0 Å². The predicted octanol–water partition coefficient (Wildman–Crippen LogP) is 1.23. The largest absolute Gasteiger partial charge is 0.480 e. The minimum Gasteiger partial charge on any atom is -0.480 e. The third kappa shape index (κ3) is 3.02. The van der Waals surface area contributed by atoms with Crippen molar-refractivity contribution < 1.29 is 14.7 Å². The smallest absolute Gasteiger partial charge is 0.324 e. The number of likely N-dealkylation sites (tertiary alicyclic amines) is 1. The average molecular weight is 256 g/mol. The molecule has 0 aliphatic carbocycles. The molecule has 1 saturated heterocycles. The SMILES string of the molecule is CCC(C)NC(=O)CN1CCCC1(CC)C(=O)O. The molecular formula is C13H24N2O3. The molecule has 0 radical (unpaired) electrons. The first-order chi connectivity index (χ1) is 8.46. The molecule has 0 aromatic carbocycles. The van der Waals surface area contributed by atoms with Crippen molar-refractivity contribution in [3.8, 4) is 0 Å². The van der Waals surface area contributed by atoms with E-state index in [1.165, 1.54) is 0 Å². The Labute approximate surface area is 109 Å². The Balaban J connectivity index is 2.65. The van der Waals surface area contributed by atoms with Gasteiger partial charge in [-0.15, -0.1) is 0 Å². The van der Waals surface area contributed by atoms with Crippen molar-refractivity contribution in [1.29, 1.82) is 0 Å². The van der Waals surface area contributed by atoms with Crippen LogP contribution in [0.2, 0.25) is 0 Å². The Morgan fingerprint density at radius 2 is 2.11 bits per heavy atom. The molecule has 1 fully saturated rings. The lowest BCUT2D eigenvalue weighted by Gasteiger charge is -2.33. The van der Waals surface area contributed by atoms with E-state index in [2.05, 4.69) is 5.32 Å². The Bertz CT molecular complexity index is 319. The Hall–Kier alpha value is -1.10. The Morgan fingerprint density at radius 1 is 1.44 bits per heavy atom. The zero-order valence-electron chi connectivity index (χ0n) is 11.5. The first kappa shape index (κ1) is 15.0. The highest BCUT2D eigenvalue weighted by atomic mass is 16.4. The van der Waals surface area contributed by atoms with Crippen LogP contribution in [0.1, 0.15) is 46.5 Å². The Kier molecular flexibility index (Phi) is 5.14. The number of nitrogens with zero attached hydrogens (tertiary/aromatic N) is 1. The van der Waals surface area contributed by atoms with Crippen molar-refractivity contribution in [2.75, 3.05) is 13.1 Å². The normalized spacial score (nSPS) is 25.9. The van der Waals surface area contributed by atoms with Crippen LogP contribution in [0.25, 0.3) is 0 Å². The number of carboxylic acids is 1. The summed E-state index contributed by atoms with van der Waals surface area (Å²) in [5, 5.41) is 12.3. The van der Waals surface area contributed by atoms with E-state index in [0.717, 1.165) is 12.8 Å². The van der Waals surface area contributed by atoms with Crippen LogP contribution in [0.15, 0.2) is 0 Å². The number of hydrogen-bond donors (Lipinski definition) is 2. The lowest BCUT2D eigenvalue weighted by molar-refractivity contribution is -0.150. The van der Waals surface area contributed by atoms with Crippen molar-refractivity contribution in [2.45, 2.75) is 58.0 Å². The molecule has 1 amide bonds. The molecule has 2 N–H and O–H groups in total. The second-order valence-corrected chi connectivity index (χ2v) is 5.09. The summed E-state index contributed by atoms with van der Waals surface area (Å²) in [5.74, 6) is -0.885. The molecule has 1 rings (SSSR count). The third-order valence-electron chi connectivity index (χ3n) is 3.96. The first-order valence-electron chi connectivity index (χ1n) is 6.74. The monoisotopic (exact) mass is 256 g/mol. The highest BCUT2D eigenvalue weighted by Crippen LogP contribution is 2.32. The first-order valence-corrected chi connectivity index (χ1v) is 6.74. The van der Waals surface area contributed by atoms with E-state index in [9.17, 15) is 14.7 Å². The van der Waals surface area contributed by atoms with Gasteiger partial charge in [0.15, 0.2) is 0 Å². The van der Waals surface area contributed by atoms with E-state index in [4.69, 9.17) is 0 Å². The lowest BCUT2D eigenvalue weighted by Crippen LogP contribution is -2.53. The van der Waals surface area contributed by atoms with Crippen LogP contribution in [-0.2, 0) is 9.59 Å². The van der Waals surface area contributed by atoms with Gasteiger partial charge in [-0.05, 0) is 39.2 Å². The van der Waals surface area contributed by atoms with Gasteiger partial charge >= 0.3 is 5.97 Å². The van der Waals surface area contributed by atoms with Crippen LogP contribution in [-0.4, -0.2) is 46.6 Å². The molecular weight excluding hydrogens is 232 g/mol. The molecule has 5 nitrogen and oxygen atoms in total. The van der Waals surface area contributed by atoms with Gasteiger partial charge in [-0.1, -0.05) is 13.8 Å². The van der Waals surface area contributed by atoms with Crippen molar-refractivity contribution >= 4 is 11.9 Å². The zero-order chi connectivity index (χ0) is 13.8. The van der Waals surface area contributed by atoms with Crippen molar-refractivity contribution in [1.82, 2.24) is 10.2 Å². The van der Waals surface area contributed by atoms with Crippen LogP contribution in [0.4, 0.5) is 0 Å². The third-order valence-corrected chi connectivity index (χ3v) is 3.96. The van der Waals surface area contributed by atoms with Gasteiger partial charge in [0.25, 0.3) is 0 Å². The fourth-order valence-corrected chi connectivity index (χ4v) is 2.55. The number of carbonyl (C=O) groups is 2. The van der Waals surface area contributed by atoms with Crippen LogP contribution in [0, 0.1) is 0 Å². The van der Waals surface area contributed by atoms with Gasteiger partial charge in [0.05, 0.1) is 6.54 Å². The minimum absolute atomic E-state index is 0.0784. The van der Waals surface area contributed by atoms with Gasteiger partial charge in [0.2, 0.25) is 5.91 Å². The molecule has 0 spiro atoms. The summed E-state index contributed by atoms with van der Waals surface area (Å²) >= 11 is 0. The molecule has 104 valence electrons. The maximum Gasteiger partial charge on any atom is 0.324 e. The second-order valence-electron chi connectivity index (χ2n) is 5.09. The van der Waals surface area contributed by atoms with Crippen LogP contribution in [0.3, 0.4) is 0 Å². The number of carbonyl (C=O) groups excluding carboxylic acids is 1. The van der Waals surface area contributed by atoms with E-state index in [1.807, 2.05) is 25.7 Å². The molecule has 0 saturated carbocycles. The molecule has 5 heteroatoms. The van der Waals surface area contributed by atoms with E-state index in [1.54, 1.807) is 0 Å². The standard InChI is InChI=1S/C13H24N2O3/c1-4-10(3)14-11(16)9-15-8-6-7-13(15,5-2)12(17)18/h10H,4-9H2,1-3H3,(H,14,16)(H,17,18). The summed E-state index contributed by atoms with van der Waals surface area (Å²) in [6.07, 6.45) is 2.90. The Morgan fingerprint density at radius 3 is 2.61 bits per heavy atom. The van der Waals surface area contributed by atoms with Crippen LogP contribution >= 0.6 is 0 Å². The quantitative estimate of drug-likeness (QED) is 0.750. The molecule has 18 heavy (non-hydrogen) atoms. The maximum absolute atomic E-state index is 11.8. The van der Waals surface area contributed by atoms with Gasteiger partial charge < -0.3 is 10.4 Å². The van der Waals surface area contributed by atoms with E-state index < -0.39 is 11.5 Å².